The van der Waals surface area contributed by atoms with Gasteiger partial charge in [0, 0.05) is 17.3 Å². The van der Waals surface area contributed by atoms with Gasteiger partial charge in [0.15, 0.2) is 4.96 Å². The molecular weight excluding hydrogens is 296 g/mol. The monoisotopic (exact) mass is 310 g/mol. The molecule has 1 atom stereocenters. The number of thiazole rings is 1. The van der Waals surface area contributed by atoms with Gasteiger partial charge < -0.3 is 16.2 Å². The third-order valence-corrected chi connectivity index (χ3v) is 3.67. The molecule has 0 unspecified atom stereocenters. The van der Waals surface area contributed by atoms with Gasteiger partial charge in [-0.25, -0.2) is 9.78 Å². The summed E-state index contributed by atoms with van der Waals surface area (Å²) in [6.07, 6.45) is 1.36. The minimum atomic E-state index is -1.31. The van der Waals surface area contributed by atoms with Crippen molar-refractivity contribution in [3.63, 3.8) is 0 Å². The number of aryl methyl sites for hydroxylation is 1. The molecule has 112 valence electrons. The van der Waals surface area contributed by atoms with E-state index in [2.05, 4.69) is 10.3 Å². The number of rotatable bonds is 6. The largest absolute Gasteiger partial charge is 0.480 e. The molecule has 0 aromatic carbocycles. The topological polar surface area (TPSA) is 127 Å². The Bertz CT molecular complexity index is 705. The highest BCUT2D eigenvalue weighted by atomic mass is 32.1. The van der Waals surface area contributed by atoms with E-state index in [1.54, 1.807) is 16.0 Å². The highest BCUT2D eigenvalue weighted by molar-refractivity contribution is 7.15. The SMILES string of the molecule is Cc1cn2c(CC(=O)N[C@H](CC(N)=O)C(=O)O)csc2n1. The van der Waals surface area contributed by atoms with Gasteiger partial charge >= 0.3 is 5.97 Å². The number of carboxylic acids is 1. The second kappa shape index (κ2) is 5.92. The number of aromatic nitrogens is 2. The summed E-state index contributed by atoms with van der Waals surface area (Å²) < 4.78 is 1.78. The van der Waals surface area contributed by atoms with E-state index in [0.29, 0.717) is 5.69 Å². The van der Waals surface area contributed by atoms with Crippen LogP contribution in [0.3, 0.4) is 0 Å². The van der Waals surface area contributed by atoms with E-state index in [9.17, 15) is 14.4 Å². The Labute approximate surface area is 123 Å². The number of aliphatic carboxylic acids is 1. The number of fused-ring (bicyclic) bond motifs is 1. The van der Waals surface area contributed by atoms with Gasteiger partial charge in [-0.05, 0) is 6.92 Å². The molecule has 9 heteroatoms. The van der Waals surface area contributed by atoms with Crippen molar-refractivity contribution in [1.29, 1.82) is 0 Å². The van der Waals surface area contributed by atoms with E-state index in [4.69, 9.17) is 10.8 Å². The zero-order chi connectivity index (χ0) is 15.6. The second-order valence-electron chi connectivity index (χ2n) is 4.57. The van der Waals surface area contributed by atoms with Gasteiger partial charge in [0.05, 0.1) is 18.5 Å². The number of amides is 2. The molecule has 0 bridgehead atoms. The first-order valence-corrected chi connectivity index (χ1v) is 6.97. The number of carbonyl (C=O) groups excluding carboxylic acids is 2. The third-order valence-electron chi connectivity index (χ3n) is 2.78. The van der Waals surface area contributed by atoms with Crippen LogP contribution in [-0.4, -0.2) is 38.3 Å². The number of nitrogens with one attached hydrogen (secondary N) is 1. The van der Waals surface area contributed by atoms with E-state index >= 15 is 0 Å². The molecule has 0 radical (unpaired) electrons. The summed E-state index contributed by atoms with van der Waals surface area (Å²) in [7, 11) is 0. The summed E-state index contributed by atoms with van der Waals surface area (Å²) >= 11 is 1.39. The van der Waals surface area contributed by atoms with Crippen LogP contribution in [0.25, 0.3) is 4.96 Å². The summed E-state index contributed by atoms with van der Waals surface area (Å²) in [6.45, 7) is 1.84. The fourth-order valence-electron chi connectivity index (χ4n) is 1.88. The normalized spacial score (nSPS) is 12.2. The average Bonchev–Trinajstić information content (AvgIpc) is 2.88. The summed E-state index contributed by atoms with van der Waals surface area (Å²) in [4.78, 5) is 38.7. The maximum absolute atomic E-state index is 11.9. The Morgan fingerprint density at radius 3 is 2.86 bits per heavy atom. The number of imidazole rings is 1. The van der Waals surface area contributed by atoms with Gasteiger partial charge in [-0.1, -0.05) is 0 Å². The molecule has 0 aliphatic rings. The van der Waals surface area contributed by atoms with E-state index < -0.39 is 30.2 Å². The number of carbonyl (C=O) groups is 3. The van der Waals surface area contributed by atoms with Crippen LogP contribution in [0.15, 0.2) is 11.6 Å². The molecule has 2 rings (SSSR count). The van der Waals surface area contributed by atoms with Crippen LogP contribution >= 0.6 is 11.3 Å². The van der Waals surface area contributed by atoms with Gasteiger partial charge in [0.1, 0.15) is 6.04 Å². The molecule has 8 nitrogen and oxygen atoms in total. The van der Waals surface area contributed by atoms with Gasteiger partial charge in [-0.15, -0.1) is 11.3 Å². The molecule has 0 aliphatic heterocycles. The molecule has 2 amide bonds. The predicted octanol–water partition coefficient (Wildman–Crippen LogP) is -0.308. The van der Waals surface area contributed by atoms with Crippen molar-refractivity contribution in [3.05, 3.63) is 23.0 Å². The number of primary amides is 1. The standard InChI is InChI=1S/C12H14N4O4S/c1-6-4-16-7(5-21-12(16)14-6)2-10(18)15-8(11(19)20)3-9(13)17/h4-5,8H,2-3H2,1H3,(H2,13,17)(H,15,18)(H,19,20)/t8-/m1/s1. The number of carboxylic acid groups (broad SMARTS) is 1. The van der Waals surface area contributed by atoms with Crippen LogP contribution in [0.4, 0.5) is 0 Å². The minimum absolute atomic E-state index is 0.00164. The molecule has 0 spiro atoms. The van der Waals surface area contributed by atoms with Crippen molar-refractivity contribution in [2.45, 2.75) is 25.8 Å². The van der Waals surface area contributed by atoms with Crippen LogP contribution in [0, 0.1) is 6.92 Å². The minimum Gasteiger partial charge on any atom is -0.480 e. The van der Waals surface area contributed by atoms with Crippen LogP contribution in [0.5, 0.6) is 0 Å². The van der Waals surface area contributed by atoms with Gasteiger partial charge in [0.25, 0.3) is 0 Å². The summed E-state index contributed by atoms with van der Waals surface area (Å²) in [5, 5.41) is 13.0. The van der Waals surface area contributed by atoms with Crippen LogP contribution < -0.4 is 11.1 Å². The Balaban J connectivity index is 2.06. The van der Waals surface area contributed by atoms with Crippen LogP contribution in [0.1, 0.15) is 17.8 Å². The van der Waals surface area contributed by atoms with Crippen molar-refractivity contribution >= 4 is 34.1 Å². The third kappa shape index (κ3) is 3.57. The maximum atomic E-state index is 11.9. The smallest absolute Gasteiger partial charge is 0.326 e. The molecule has 2 aromatic rings. The van der Waals surface area contributed by atoms with Crippen LogP contribution in [0.2, 0.25) is 0 Å². The molecular formula is C12H14N4O4S. The van der Waals surface area contributed by atoms with Crippen LogP contribution in [-0.2, 0) is 20.8 Å². The molecule has 2 aromatic heterocycles. The fraction of sp³-hybridized carbons (Fsp3) is 0.333. The number of hydrogen-bond donors (Lipinski definition) is 3. The zero-order valence-electron chi connectivity index (χ0n) is 11.2. The lowest BCUT2D eigenvalue weighted by Crippen LogP contribution is -2.44. The average molecular weight is 310 g/mol. The van der Waals surface area contributed by atoms with Crippen molar-refractivity contribution in [2.24, 2.45) is 5.73 Å². The van der Waals surface area contributed by atoms with Crippen molar-refractivity contribution < 1.29 is 19.5 Å². The van der Waals surface area contributed by atoms with E-state index in [1.165, 1.54) is 11.3 Å². The molecule has 0 saturated heterocycles. The highest BCUT2D eigenvalue weighted by Crippen LogP contribution is 2.16. The lowest BCUT2D eigenvalue weighted by atomic mass is 10.2. The molecule has 21 heavy (non-hydrogen) atoms. The molecule has 2 heterocycles. The lowest BCUT2D eigenvalue weighted by molar-refractivity contribution is -0.143. The van der Waals surface area contributed by atoms with E-state index in [1.807, 2.05) is 6.92 Å². The second-order valence-corrected chi connectivity index (χ2v) is 5.40. The van der Waals surface area contributed by atoms with Gasteiger partial charge in [0.2, 0.25) is 11.8 Å². The Hall–Kier alpha value is -2.42. The molecule has 0 saturated carbocycles. The first-order chi connectivity index (χ1) is 9.86. The maximum Gasteiger partial charge on any atom is 0.326 e. The zero-order valence-corrected chi connectivity index (χ0v) is 12.0. The highest BCUT2D eigenvalue weighted by Gasteiger charge is 2.22. The van der Waals surface area contributed by atoms with Gasteiger partial charge in [-0.3, -0.25) is 14.0 Å². The predicted molar refractivity (Wildman–Crippen MR) is 74.9 cm³/mol. The first kappa shape index (κ1) is 15.0. The molecule has 0 aliphatic carbocycles. The first-order valence-electron chi connectivity index (χ1n) is 6.09. The number of nitrogens with zero attached hydrogens (tertiary/aromatic N) is 2. The quantitative estimate of drug-likeness (QED) is 0.674. The van der Waals surface area contributed by atoms with Crippen molar-refractivity contribution in [3.8, 4) is 0 Å². The summed E-state index contributed by atoms with van der Waals surface area (Å²) in [6, 6.07) is -1.31. The molecule has 0 fully saturated rings. The lowest BCUT2D eigenvalue weighted by Gasteiger charge is -2.12. The van der Waals surface area contributed by atoms with Gasteiger partial charge in [-0.2, -0.15) is 0 Å². The van der Waals surface area contributed by atoms with Crippen molar-refractivity contribution in [2.75, 3.05) is 0 Å². The summed E-state index contributed by atoms with van der Waals surface area (Å²) in [5.41, 5.74) is 6.49. The van der Waals surface area contributed by atoms with E-state index in [0.717, 1.165) is 10.7 Å². The fourth-order valence-corrected chi connectivity index (χ4v) is 2.80. The van der Waals surface area contributed by atoms with Crippen molar-refractivity contribution in [1.82, 2.24) is 14.7 Å². The Morgan fingerprint density at radius 2 is 2.24 bits per heavy atom. The number of hydrogen-bond acceptors (Lipinski definition) is 5. The van der Waals surface area contributed by atoms with E-state index in [-0.39, 0.29) is 6.42 Å². The Morgan fingerprint density at radius 1 is 1.52 bits per heavy atom. The molecule has 4 N–H and O–H groups in total. The Kier molecular flexibility index (Phi) is 4.22. The number of nitrogens with two attached hydrogens (primary N) is 1. The summed E-state index contributed by atoms with van der Waals surface area (Å²) in [5.74, 6) is -2.57.